The maximum absolute atomic E-state index is 12.4. The van der Waals surface area contributed by atoms with Gasteiger partial charge in [-0.3, -0.25) is 9.78 Å². The molecule has 0 saturated carbocycles. The minimum Gasteiger partial charge on any atom is -0.352 e. The molecule has 2 aromatic carbocycles. The zero-order valence-corrected chi connectivity index (χ0v) is 17.2. The number of aryl methyl sites for hydroxylation is 1. The Bertz CT molecular complexity index is 1140. The topological polar surface area (TPSA) is 79.8 Å². The predicted molar refractivity (Wildman–Crippen MR) is 122 cm³/mol. The van der Waals surface area contributed by atoms with Gasteiger partial charge >= 0.3 is 0 Å². The van der Waals surface area contributed by atoms with Gasteiger partial charge in [0.05, 0.1) is 5.69 Å². The fourth-order valence-corrected chi connectivity index (χ4v) is 3.11. The maximum atomic E-state index is 12.4. The summed E-state index contributed by atoms with van der Waals surface area (Å²) in [6.45, 7) is 2.63. The standard InChI is InChI=1S/C25H23N5O/c1-18-2-4-20(5-3-18)23-13-17-28-25(30-23)29-22-8-6-21(7-9-22)24(31)27-16-12-19-10-14-26-15-11-19/h2-11,13-15,17H,12,16H2,1H3,(H,27,31)(H,28,29,30). The van der Waals surface area contributed by atoms with E-state index in [2.05, 4.69) is 44.6 Å². The Morgan fingerprint density at radius 3 is 2.35 bits per heavy atom. The Morgan fingerprint density at radius 2 is 1.61 bits per heavy atom. The van der Waals surface area contributed by atoms with Gasteiger partial charge in [0.2, 0.25) is 5.95 Å². The Balaban J connectivity index is 1.35. The molecule has 0 atom stereocenters. The summed E-state index contributed by atoms with van der Waals surface area (Å²) in [5, 5.41) is 6.14. The highest BCUT2D eigenvalue weighted by Crippen LogP contribution is 2.20. The molecule has 4 aromatic rings. The molecule has 0 radical (unpaired) electrons. The van der Waals surface area contributed by atoms with Crippen molar-refractivity contribution in [2.24, 2.45) is 0 Å². The van der Waals surface area contributed by atoms with Crippen LogP contribution in [0.1, 0.15) is 21.5 Å². The Kier molecular flexibility index (Phi) is 6.28. The van der Waals surface area contributed by atoms with Crippen molar-refractivity contribution in [3.63, 3.8) is 0 Å². The van der Waals surface area contributed by atoms with Crippen molar-refractivity contribution in [2.75, 3.05) is 11.9 Å². The van der Waals surface area contributed by atoms with E-state index < -0.39 is 0 Å². The summed E-state index contributed by atoms with van der Waals surface area (Å²) in [7, 11) is 0. The zero-order chi connectivity index (χ0) is 21.5. The molecule has 4 rings (SSSR count). The van der Waals surface area contributed by atoms with Gasteiger partial charge in [-0.1, -0.05) is 29.8 Å². The van der Waals surface area contributed by atoms with Crippen LogP contribution < -0.4 is 10.6 Å². The van der Waals surface area contributed by atoms with Crippen LogP contribution in [0, 0.1) is 6.92 Å². The highest BCUT2D eigenvalue weighted by molar-refractivity contribution is 5.94. The van der Waals surface area contributed by atoms with E-state index in [-0.39, 0.29) is 5.91 Å². The molecule has 0 aliphatic carbocycles. The molecule has 0 bridgehead atoms. The lowest BCUT2D eigenvalue weighted by molar-refractivity contribution is 0.0954. The van der Waals surface area contributed by atoms with Crippen molar-refractivity contribution in [1.29, 1.82) is 0 Å². The fourth-order valence-electron chi connectivity index (χ4n) is 3.11. The summed E-state index contributed by atoms with van der Waals surface area (Å²) in [5.41, 5.74) is 5.65. The van der Waals surface area contributed by atoms with Gasteiger partial charge in [0.25, 0.3) is 5.91 Å². The van der Waals surface area contributed by atoms with Crippen molar-refractivity contribution in [1.82, 2.24) is 20.3 Å². The number of hydrogen-bond donors (Lipinski definition) is 2. The number of carbonyl (C=O) groups is 1. The zero-order valence-electron chi connectivity index (χ0n) is 17.2. The van der Waals surface area contributed by atoms with E-state index in [0.717, 1.165) is 28.9 Å². The monoisotopic (exact) mass is 409 g/mol. The number of nitrogens with zero attached hydrogens (tertiary/aromatic N) is 3. The summed E-state index contributed by atoms with van der Waals surface area (Å²) < 4.78 is 0. The summed E-state index contributed by atoms with van der Waals surface area (Å²) >= 11 is 0. The first kappa shape index (κ1) is 20.2. The molecule has 31 heavy (non-hydrogen) atoms. The third kappa shape index (κ3) is 5.51. The fraction of sp³-hybridized carbons (Fsp3) is 0.120. The molecule has 0 unspecified atom stereocenters. The highest BCUT2D eigenvalue weighted by Gasteiger charge is 2.07. The lowest BCUT2D eigenvalue weighted by Gasteiger charge is -2.09. The second kappa shape index (κ2) is 9.63. The van der Waals surface area contributed by atoms with Gasteiger partial charge in [-0.15, -0.1) is 0 Å². The summed E-state index contributed by atoms with van der Waals surface area (Å²) in [5.74, 6) is 0.408. The first-order valence-corrected chi connectivity index (χ1v) is 10.1. The summed E-state index contributed by atoms with van der Waals surface area (Å²) in [6.07, 6.45) is 6.00. The number of rotatable bonds is 7. The minimum atomic E-state index is -0.0989. The highest BCUT2D eigenvalue weighted by atomic mass is 16.1. The van der Waals surface area contributed by atoms with Crippen LogP contribution in [0.5, 0.6) is 0 Å². The third-order valence-electron chi connectivity index (χ3n) is 4.85. The molecule has 0 fully saturated rings. The van der Waals surface area contributed by atoms with Crippen molar-refractivity contribution in [3.8, 4) is 11.3 Å². The van der Waals surface area contributed by atoms with E-state index in [9.17, 15) is 4.79 Å². The predicted octanol–water partition coefficient (Wildman–Crippen LogP) is 4.56. The van der Waals surface area contributed by atoms with E-state index in [0.29, 0.717) is 18.1 Å². The van der Waals surface area contributed by atoms with Crippen molar-refractivity contribution in [3.05, 3.63) is 102 Å². The van der Waals surface area contributed by atoms with Gasteiger partial charge in [0, 0.05) is 41.9 Å². The van der Waals surface area contributed by atoms with Crippen LogP contribution >= 0.6 is 0 Å². The van der Waals surface area contributed by atoms with Gasteiger partial charge in [-0.05, 0) is 61.4 Å². The second-order valence-corrected chi connectivity index (χ2v) is 7.20. The third-order valence-corrected chi connectivity index (χ3v) is 4.85. The van der Waals surface area contributed by atoms with E-state index in [1.807, 2.05) is 42.5 Å². The second-order valence-electron chi connectivity index (χ2n) is 7.20. The van der Waals surface area contributed by atoms with Gasteiger partial charge in [-0.2, -0.15) is 0 Å². The van der Waals surface area contributed by atoms with Crippen LogP contribution in [0.25, 0.3) is 11.3 Å². The van der Waals surface area contributed by atoms with E-state index in [1.54, 1.807) is 30.7 Å². The molecule has 0 saturated heterocycles. The van der Waals surface area contributed by atoms with Crippen molar-refractivity contribution >= 4 is 17.5 Å². The van der Waals surface area contributed by atoms with E-state index >= 15 is 0 Å². The normalized spacial score (nSPS) is 10.5. The van der Waals surface area contributed by atoms with Gasteiger partial charge in [-0.25, -0.2) is 9.97 Å². The maximum Gasteiger partial charge on any atom is 0.251 e. The molecular weight excluding hydrogens is 386 g/mol. The van der Waals surface area contributed by atoms with Crippen LogP contribution in [-0.2, 0) is 6.42 Å². The molecule has 1 amide bonds. The largest absolute Gasteiger partial charge is 0.352 e. The number of pyridine rings is 1. The lowest BCUT2D eigenvalue weighted by Crippen LogP contribution is -2.25. The minimum absolute atomic E-state index is 0.0989. The lowest BCUT2D eigenvalue weighted by atomic mass is 10.1. The molecular formula is C25H23N5O. The van der Waals surface area contributed by atoms with Gasteiger partial charge < -0.3 is 10.6 Å². The molecule has 154 valence electrons. The molecule has 0 spiro atoms. The number of nitrogens with one attached hydrogen (secondary N) is 2. The van der Waals surface area contributed by atoms with Crippen LogP contribution in [0.4, 0.5) is 11.6 Å². The van der Waals surface area contributed by atoms with Crippen LogP contribution in [0.3, 0.4) is 0 Å². The van der Waals surface area contributed by atoms with Crippen molar-refractivity contribution in [2.45, 2.75) is 13.3 Å². The van der Waals surface area contributed by atoms with Gasteiger partial charge in [0.1, 0.15) is 0 Å². The first-order valence-electron chi connectivity index (χ1n) is 10.1. The molecule has 0 aliphatic heterocycles. The number of hydrogen-bond acceptors (Lipinski definition) is 5. The number of aromatic nitrogens is 3. The van der Waals surface area contributed by atoms with E-state index in [4.69, 9.17) is 0 Å². The average molecular weight is 409 g/mol. The molecule has 2 N–H and O–H groups in total. The molecule has 2 aromatic heterocycles. The molecule has 6 nitrogen and oxygen atoms in total. The summed E-state index contributed by atoms with van der Waals surface area (Å²) in [6, 6.07) is 21.3. The number of anilines is 2. The number of amides is 1. The van der Waals surface area contributed by atoms with Crippen LogP contribution in [0.15, 0.2) is 85.3 Å². The summed E-state index contributed by atoms with van der Waals surface area (Å²) in [4.78, 5) is 25.2. The number of benzene rings is 2. The quantitative estimate of drug-likeness (QED) is 0.468. The Hall–Kier alpha value is -4.06. The Labute approximate surface area is 181 Å². The smallest absolute Gasteiger partial charge is 0.251 e. The van der Waals surface area contributed by atoms with Crippen LogP contribution in [-0.4, -0.2) is 27.4 Å². The first-order chi connectivity index (χ1) is 15.2. The molecule has 6 heteroatoms. The molecule has 0 aliphatic rings. The van der Waals surface area contributed by atoms with E-state index in [1.165, 1.54) is 5.56 Å². The SMILES string of the molecule is Cc1ccc(-c2ccnc(Nc3ccc(C(=O)NCCc4ccncc4)cc3)n2)cc1. The average Bonchev–Trinajstić information content (AvgIpc) is 2.81. The van der Waals surface area contributed by atoms with Crippen LogP contribution in [0.2, 0.25) is 0 Å². The Morgan fingerprint density at radius 1 is 0.871 bits per heavy atom. The number of carbonyl (C=O) groups excluding carboxylic acids is 1. The van der Waals surface area contributed by atoms with Gasteiger partial charge in [0.15, 0.2) is 0 Å². The van der Waals surface area contributed by atoms with Crippen molar-refractivity contribution < 1.29 is 4.79 Å². The molecule has 2 heterocycles.